The van der Waals surface area contributed by atoms with Crippen LogP contribution in [0.5, 0.6) is 0 Å². The maximum atomic E-state index is 11.5. The fourth-order valence-corrected chi connectivity index (χ4v) is 3.17. The Morgan fingerprint density at radius 1 is 1.44 bits per heavy atom. The van der Waals surface area contributed by atoms with Crippen LogP contribution in [0.25, 0.3) is 0 Å². The molecule has 0 saturated carbocycles. The van der Waals surface area contributed by atoms with E-state index in [1.807, 2.05) is 12.1 Å². The van der Waals surface area contributed by atoms with Crippen molar-refractivity contribution in [3.8, 4) is 0 Å². The molecule has 0 bridgehead atoms. The summed E-state index contributed by atoms with van der Waals surface area (Å²) in [4.78, 5) is 13.9. The first kappa shape index (κ1) is 13.7. The maximum absolute atomic E-state index is 11.5. The minimum Gasteiger partial charge on any atom is -0.324 e. The second-order valence-electron chi connectivity index (χ2n) is 4.94. The van der Waals surface area contributed by atoms with Gasteiger partial charge in [-0.3, -0.25) is 4.79 Å². The lowest BCUT2D eigenvalue weighted by Crippen LogP contribution is -2.29. The largest absolute Gasteiger partial charge is 0.324 e. The predicted molar refractivity (Wildman–Crippen MR) is 77.0 cm³/mol. The van der Waals surface area contributed by atoms with Gasteiger partial charge in [-0.1, -0.05) is 28.1 Å². The van der Waals surface area contributed by atoms with E-state index >= 15 is 0 Å². The molecule has 0 spiro atoms. The van der Waals surface area contributed by atoms with Gasteiger partial charge in [-0.25, -0.2) is 0 Å². The lowest BCUT2D eigenvalue weighted by molar-refractivity contribution is 0.100. The predicted octanol–water partition coefficient (Wildman–Crippen LogP) is 2.40. The van der Waals surface area contributed by atoms with Crippen LogP contribution in [0, 0.1) is 0 Å². The molecular formula is C14H19BrN2O. The summed E-state index contributed by atoms with van der Waals surface area (Å²) in [5, 5.41) is 0. The number of carbonyl (C=O) groups is 1. The SMILES string of the molecule is CN1CCC(c2ccc(C(=O)CN)cc2Br)CC1. The molecule has 1 fully saturated rings. The molecular weight excluding hydrogens is 292 g/mol. The summed E-state index contributed by atoms with van der Waals surface area (Å²) in [6.45, 7) is 2.35. The summed E-state index contributed by atoms with van der Waals surface area (Å²) < 4.78 is 1.04. The van der Waals surface area contributed by atoms with E-state index < -0.39 is 0 Å². The van der Waals surface area contributed by atoms with E-state index in [1.165, 1.54) is 18.4 Å². The third-order valence-corrected chi connectivity index (χ3v) is 4.35. The van der Waals surface area contributed by atoms with Gasteiger partial charge in [0.2, 0.25) is 0 Å². The maximum Gasteiger partial charge on any atom is 0.176 e. The summed E-state index contributed by atoms with van der Waals surface area (Å²) in [7, 11) is 2.16. The van der Waals surface area contributed by atoms with E-state index in [0.29, 0.717) is 11.5 Å². The average Bonchev–Trinajstić information content (AvgIpc) is 2.39. The van der Waals surface area contributed by atoms with Crippen molar-refractivity contribution in [1.82, 2.24) is 4.90 Å². The molecule has 1 aliphatic rings. The Kier molecular flexibility index (Phi) is 4.54. The minimum atomic E-state index is -0.00868. The summed E-state index contributed by atoms with van der Waals surface area (Å²) in [6, 6.07) is 5.87. The molecule has 2 rings (SSSR count). The van der Waals surface area contributed by atoms with Gasteiger partial charge >= 0.3 is 0 Å². The molecule has 18 heavy (non-hydrogen) atoms. The fraction of sp³-hybridized carbons (Fsp3) is 0.500. The first-order valence-corrected chi connectivity index (χ1v) is 7.12. The van der Waals surface area contributed by atoms with Gasteiger partial charge in [0.05, 0.1) is 6.54 Å². The number of rotatable bonds is 3. The molecule has 0 aliphatic carbocycles. The van der Waals surface area contributed by atoms with E-state index in [-0.39, 0.29) is 12.3 Å². The zero-order valence-electron chi connectivity index (χ0n) is 10.7. The van der Waals surface area contributed by atoms with Gasteiger partial charge in [0.1, 0.15) is 0 Å². The normalized spacial score (nSPS) is 17.9. The highest BCUT2D eigenvalue weighted by atomic mass is 79.9. The topological polar surface area (TPSA) is 46.3 Å². The molecule has 0 amide bonds. The molecule has 3 nitrogen and oxygen atoms in total. The van der Waals surface area contributed by atoms with Crippen LogP contribution >= 0.6 is 15.9 Å². The van der Waals surface area contributed by atoms with Crippen LogP contribution in [0.15, 0.2) is 22.7 Å². The quantitative estimate of drug-likeness (QED) is 0.872. The smallest absolute Gasteiger partial charge is 0.176 e. The van der Waals surface area contributed by atoms with Gasteiger partial charge in [-0.2, -0.15) is 0 Å². The molecule has 1 heterocycles. The molecule has 0 unspecified atom stereocenters. The minimum absolute atomic E-state index is 0.00868. The first-order valence-electron chi connectivity index (χ1n) is 6.33. The zero-order valence-corrected chi connectivity index (χ0v) is 12.2. The summed E-state index contributed by atoms with van der Waals surface area (Å²) in [5.74, 6) is 0.586. The van der Waals surface area contributed by atoms with E-state index in [9.17, 15) is 4.79 Å². The third-order valence-electron chi connectivity index (χ3n) is 3.67. The molecule has 0 aromatic heterocycles. The molecule has 2 N–H and O–H groups in total. The first-order chi connectivity index (χ1) is 8.61. The molecule has 0 radical (unpaired) electrons. The van der Waals surface area contributed by atoms with E-state index in [1.54, 1.807) is 0 Å². The number of piperidine rings is 1. The summed E-state index contributed by atoms with van der Waals surface area (Å²) in [5.41, 5.74) is 7.39. The van der Waals surface area contributed by atoms with Crippen molar-refractivity contribution >= 4 is 21.7 Å². The van der Waals surface area contributed by atoms with Crippen molar-refractivity contribution in [2.24, 2.45) is 5.73 Å². The highest BCUT2D eigenvalue weighted by molar-refractivity contribution is 9.10. The number of likely N-dealkylation sites (tertiary alicyclic amines) is 1. The summed E-state index contributed by atoms with van der Waals surface area (Å²) in [6.07, 6.45) is 2.36. The fourth-order valence-electron chi connectivity index (χ4n) is 2.47. The molecule has 98 valence electrons. The van der Waals surface area contributed by atoms with E-state index in [2.05, 4.69) is 33.9 Å². The van der Waals surface area contributed by atoms with Gasteiger partial charge in [-0.15, -0.1) is 0 Å². The zero-order chi connectivity index (χ0) is 13.1. The highest BCUT2D eigenvalue weighted by Crippen LogP contribution is 2.33. The lowest BCUT2D eigenvalue weighted by Gasteiger charge is -2.29. The standard InChI is InChI=1S/C14H19BrN2O/c1-17-6-4-10(5-7-17)12-3-2-11(8-13(12)15)14(18)9-16/h2-3,8,10H,4-7,9,16H2,1H3. The van der Waals surface area contributed by atoms with Crippen molar-refractivity contribution in [3.63, 3.8) is 0 Å². The number of benzene rings is 1. The number of halogens is 1. The van der Waals surface area contributed by atoms with Crippen molar-refractivity contribution in [2.75, 3.05) is 26.7 Å². The second-order valence-corrected chi connectivity index (χ2v) is 5.80. The van der Waals surface area contributed by atoms with E-state index in [4.69, 9.17) is 5.73 Å². The number of nitrogens with zero attached hydrogens (tertiary/aromatic N) is 1. The molecule has 1 aromatic carbocycles. The number of nitrogens with two attached hydrogens (primary N) is 1. The van der Waals surface area contributed by atoms with Gasteiger partial charge in [0.25, 0.3) is 0 Å². The third kappa shape index (κ3) is 2.99. The number of ketones is 1. The van der Waals surface area contributed by atoms with Gasteiger partial charge in [0.15, 0.2) is 5.78 Å². The molecule has 1 aromatic rings. The molecule has 0 atom stereocenters. The van der Waals surface area contributed by atoms with Crippen molar-refractivity contribution in [3.05, 3.63) is 33.8 Å². The Morgan fingerprint density at radius 3 is 2.67 bits per heavy atom. The number of carbonyl (C=O) groups excluding carboxylic acids is 1. The molecule has 1 saturated heterocycles. The van der Waals surface area contributed by atoms with Crippen LogP contribution < -0.4 is 5.73 Å². The number of Topliss-reactive ketones (excluding diaryl/α,β-unsaturated/α-hetero) is 1. The Balaban J connectivity index is 2.17. The monoisotopic (exact) mass is 310 g/mol. The second kappa shape index (κ2) is 5.95. The van der Waals surface area contributed by atoms with Gasteiger partial charge < -0.3 is 10.6 Å². The number of hydrogen-bond acceptors (Lipinski definition) is 3. The molecule has 4 heteroatoms. The van der Waals surface area contributed by atoms with Gasteiger partial charge in [-0.05, 0) is 50.5 Å². The van der Waals surface area contributed by atoms with Gasteiger partial charge in [0, 0.05) is 10.0 Å². The molecule has 1 aliphatic heterocycles. The Bertz CT molecular complexity index is 439. The van der Waals surface area contributed by atoms with Crippen LogP contribution in [0.4, 0.5) is 0 Å². The van der Waals surface area contributed by atoms with Crippen LogP contribution in [0.2, 0.25) is 0 Å². The van der Waals surface area contributed by atoms with Crippen LogP contribution in [-0.4, -0.2) is 37.4 Å². The highest BCUT2D eigenvalue weighted by Gasteiger charge is 2.20. The number of hydrogen-bond donors (Lipinski definition) is 1. The van der Waals surface area contributed by atoms with Crippen molar-refractivity contribution in [2.45, 2.75) is 18.8 Å². The van der Waals surface area contributed by atoms with Crippen LogP contribution in [0.1, 0.15) is 34.7 Å². The Hall–Kier alpha value is -0.710. The van der Waals surface area contributed by atoms with Crippen molar-refractivity contribution in [1.29, 1.82) is 0 Å². The summed E-state index contributed by atoms with van der Waals surface area (Å²) >= 11 is 3.59. The average molecular weight is 311 g/mol. The Labute approximate surface area is 116 Å². The van der Waals surface area contributed by atoms with E-state index in [0.717, 1.165) is 17.6 Å². The van der Waals surface area contributed by atoms with Crippen LogP contribution in [-0.2, 0) is 0 Å². The van der Waals surface area contributed by atoms with Crippen LogP contribution in [0.3, 0.4) is 0 Å². The lowest BCUT2D eigenvalue weighted by atomic mass is 9.89. The van der Waals surface area contributed by atoms with Crippen molar-refractivity contribution < 1.29 is 4.79 Å². The Morgan fingerprint density at radius 2 is 2.11 bits per heavy atom.